The van der Waals surface area contributed by atoms with Crippen LogP contribution in [0.4, 0.5) is 18.0 Å². The van der Waals surface area contributed by atoms with Gasteiger partial charge >= 0.3 is 12.2 Å². The Balaban J connectivity index is 1.81. The normalized spacial score (nSPS) is 25.5. The second kappa shape index (κ2) is 6.93. The van der Waals surface area contributed by atoms with Crippen LogP contribution in [-0.4, -0.2) is 45.4 Å². The number of nitrogens with zero attached hydrogens (tertiary/aromatic N) is 2. The van der Waals surface area contributed by atoms with Crippen LogP contribution in [0.15, 0.2) is 6.07 Å². The van der Waals surface area contributed by atoms with Gasteiger partial charge in [-0.1, -0.05) is 19.8 Å². The number of ketones is 1. The minimum Gasteiger partial charge on any atom is -0.339 e. The number of halogens is 3. The molecule has 1 saturated heterocycles. The molecule has 6 nitrogen and oxygen atoms in total. The highest BCUT2D eigenvalue weighted by atomic mass is 19.4. The molecule has 0 radical (unpaired) electrons. The third-order valence-corrected chi connectivity index (χ3v) is 6.01. The SMILES string of the molecule is Cc1cc(C(=O)CN2C(=O)N[C@]3(CCCC[C@H]3C)C2=O)c(C)n1CC(F)(F)F. The van der Waals surface area contributed by atoms with E-state index < -0.39 is 42.5 Å². The van der Waals surface area contributed by atoms with Gasteiger partial charge in [0.1, 0.15) is 12.1 Å². The second-order valence-corrected chi connectivity index (χ2v) is 7.85. The molecule has 154 valence electrons. The summed E-state index contributed by atoms with van der Waals surface area (Å²) < 4.78 is 39.3. The Bertz CT molecular complexity index is 830. The van der Waals surface area contributed by atoms with Crippen LogP contribution in [0.5, 0.6) is 0 Å². The molecule has 28 heavy (non-hydrogen) atoms. The number of aromatic nitrogens is 1. The van der Waals surface area contributed by atoms with Crippen molar-refractivity contribution < 1.29 is 27.6 Å². The van der Waals surface area contributed by atoms with Gasteiger partial charge in [-0.05, 0) is 38.7 Å². The van der Waals surface area contributed by atoms with Gasteiger partial charge in [-0.2, -0.15) is 13.2 Å². The number of hydrogen-bond donors (Lipinski definition) is 1. The Morgan fingerprint density at radius 3 is 2.57 bits per heavy atom. The molecule has 0 unspecified atom stereocenters. The van der Waals surface area contributed by atoms with Gasteiger partial charge in [-0.25, -0.2) is 4.79 Å². The van der Waals surface area contributed by atoms with Gasteiger partial charge in [0, 0.05) is 17.0 Å². The molecule has 2 fully saturated rings. The summed E-state index contributed by atoms with van der Waals surface area (Å²) in [5, 5.41) is 2.77. The standard InChI is InChI=1S/C19H24F3N3O3/c1-11-6-4-5-7-18(11)16(27)24(17(28)23-18)9-15(26)14-8-12(2)25(13(14)3)10-19(20,21)22/h8,11H,4-7,9-10H2,1-3H3,(H,23,28)/t11-,18+/m1/s1. The van der Waals surface area contributed by atoms with Crippen LogP contribution in [0.3, 0.4) is 0 Å². The Labute approximate surface area is 161 Å². The molecule has 1 aliphatic carbocycles. The van der Waals surface area contributed by atoms with Gasteiger partial charge < -0.3 is 9.88 Å². The molecule has 2 heterocycles. The molecule has 2 atom stereocenters. The minimum absolute atomic E-state index is 0.0327. The van der Waals surface area contributed by atoms with Crippen molar-refractivity contribution in [2.24, 2.45) is 5.92 Å². The molecular formula is C19H24F3N3O3. The Hall–Kier alpha value is -2.32. The highest BCUT2D eigenvalue weighted by Crippen LogP contribution is 2.38. The summed E-state index contributed by atoms with van der Waals surface area (Å²) in [7, 11) is 0. The molecule has 1 aromatic rings. The summed E-state index contributed by atoms with van der Waals surface area (Å²) in [6.07, 6.45) is -1.27. The van der Waals surface area contributed by atoms with Crippen LogP contribution in [0.1, 0.15) is 54.4 Å². The average Bonchev–Trinajstić information content (AvgIpc) is 2.99. The lowest BCUT2D eigenvalue weighted by molar-refractivity contribution is -0.141. The summed E-state index contributed by atoms with van der Waals surface area (Å²) in [6, 6.07) is 0.761. The lowest BCUT2D eigenvalue weighted by atomic mass is 9.73. The van der Waals surface area contributed by atoms with Crippen LogP contribution < -0.4 is 5.32 Å². The first-order valence-corrected chi connectivity index (χ1v) is 9.37. The lowest BCUT2D eigenvalue weighted by Crippen LogP contribution is -2.54. The molecule has 3 rings (SSSR count). The minimum atomic E-state index is -4.41. The summed E-state index contributed by atoms with van der Waals surface area (Å²) in [4.78, 5) is 39.0. The molecule has 1 N–H and O–H groups in total. The van der Waals surface area contributed by atoms with E-state index in [0.717, 1.165) is 28.7 Å². The molecule has 2 aliphatic rings. The van der Waals surface area contributed by atoms with Crippen molar-refractivity contribution >= 4 is 17.7 Å². The topological polar surface area (TPSA) is 71.4 Å². The number of rotatable bonds is 4. The fourth-order valence-corrected chi connectivity index (χ4v) is 4.37. The Morgan fingerprint density at radius 2 is 1.96 bits per heavy atom. The van der Waals surface area contributed by atoms with E-state index in [1.165, 1.54) is 19.9 Å². The van der Waals surface area contributed by atoms with Crippen molar-refractivity contribution in [3.8, 4) is 0 Å². The maximum atomic E-state index is 13.0. The summed E-state index contributed by atoms with van der Waals surface area (Å²) in [5.41, 5.74) is -0.400. The van der Waals surface area contributed by atoms with E-state index in [4.69, 9.17) is 0 Å². The predicted molar refractivity (Wildman–Crippen MR) is 94.9 cm³/mol. The maximum Gasteiger partial charge on any atom is 0.406 e. The zero-order chi connectivity index (χ0) is 20.9. The van der Waals surface area contributed by atoms with Gasteiger partial charge in [0.15, 0.2) is 5.78 Å². The number of Topliss-reactive ketones (excluding diaryl/α,β-unsaturated/α-hetero) is 1. The highest BCUT2D eigenvalue weighted by Gasteiger charge is 2.55. The number of alkyl halides is 3. The third-order valence-electron chi connectivity index (χ3n) is 6.01. The fourth-order valence-electron chi connectivity index (χ4n) is 4.37. The van der Waals surface area contributed by atoms with Crippen molar-refractivity contribution in [1.29, 1.82) is 0 Å². The molecule has 1 saturated carbocycles. The molecule has 1 spiro atoms. The number of carbonyl (C=O) groups is 3. The average molecular weight is 399 g/mol. The maximum absolute atomic E-state index is 13.0. The summed E-state index contributed by atoms with van der Waals surface area (Å²) in [6.45, 7) is 3.16. The molecule has 0 aromatic carbocycles. The smallest absolute Gasteiger partial charge is 0.339 e. The lowest BCUT2D eigenvalue weighted by Gasteiger charge is -2.36. The largest absolute Gasteiger partial charge is 0.406 e. The van der Waals surface area contributed by atoms with E-state index in [0.29, 0.717) is 12.1 Å². The van der Waals surface area contributed by atoms with Crippen molar-refractivity contribution in [1.82, 2.24) is 14.8 Å². The van der Waals surface area contributed by atoms with Crippen molar-refractivity contribution in [2.75, 3.05) is 6.54 Å². The molecule has 0 bridgehead atoms. The number of nitrogens with one attached hydrogen (secondary N) is 1. The highest BCUT2D eigenvalue weighted by molar-refractivity contribution is 6.11. The first-order valence-electron chi connectivity index (χ1n) is 9.37. The number of aryl methyl sites for hydroxylation is 1. The zero-order valence-electron chi connectivity index (χ0n) is 16.2. The number of carbonyl (C=O) groups excluding carboxylic acids is 3. The monoisotopic (exact) mass is 399 g/mol. The van der Waals surface area contributed by atoms with Gasteiger partial charge in [-0.15, -0.1) is 0 Å². The number of urea groups is 1. The molecule has 9 heteroatoms. The van der Waals surface area contributed by atoms with E-state index >= 15 is 0 Å². The van der Waals surface area contributed by atoms with E-state index in [1.54, 1.807) is 0 Å². The van der Waals surface area contributed by atoms with Crippen LogP contribution in [0.2, 0.25) is 0 Å². The van der Waals surface area contributed by atoms with Crippen LogP contribution >= 0.6 is 0 Å². The Morgan fingerprint density at radius 1 is 1.29 bits per heavy atom. The van der Waals surface area contributed by atoms with E-state index in [1.807, 2.05) is 6.92 Å². The van der Waals surface area contributed by atoms with E-state index in [-0.39, 0.29) is 17.2 Å². The fraction of sp³-hybridized carbons (Fsp3) is 0.632. The van der Waals surface area contributed by atoms with E-state index in [2.05, 4.69) is 5.32 Å². The molecule has 1 aromatic heterocycles. The summed E-state index contributed by atoms with van der Waals surface area (Å²) >= 11 is 0. The number of imide groups is 1. The first-order chi connectivity index (χ1) is 13.0. The molecule has 3 amide bonds. The van der Waals surface area contributed by atoms with Crippen molar-refractivity contribution in [3.05, 3.63) is 23.0 Å². The Kier molecular flexibility index (Phi) is 5.05. The number of amides is 3. The number of hydrogen-bond acceptors (Lipinski definition) is 3. The van der Waals surface area contributed by atoms with Crippen molar-refractivity contribution in [2.45, 2.75) is 64.7 Å². The quantitative estimate of drug-likeness (QED) is 0.624. The van der Waals surface area contributed by atoms with Gasteiger partial charge in [-0.3, -0.25) is 14.5 Å². The zero-order valence-corrected chi connectivity index (χ0v) is 16.2. The van der Waals surface area contributed by atoms with Crippen molar-refractivity contribution in [3.63, 3.8) is 0 Å². The molecule has 1 aliphatic heterocycles. The first kappa shape index (κ1) is 20.4. The van der Waals surface area contributed by atoms with Crippen LogP contribution in [0, 0.1) is 19.8 Å². The van der Waals surface area contributed by atoms with Gasteiger partial charge in [0.05, 0.1) is 6.54 Å². The van der Waals surface area contributed by atoms with E-state index in [9.17, 15) is 27.6 Å². The van der Waals surface area contributed by atoms with Crippen LogP contribution in [-0.2, 0) is 11.3 Å². The third kappa shape index (κ3) is 3.42. The van der Waals surface area contributed by atoms with Gasteiger partial charge in [0.2, 0.25) is 0 Å². The predicted octanol–water partition coefficient (Wildman–Crippen LogP) is 3.35. The van der Waals surface area contributed by atoms with Crippen LogP contribution in [0.25, 0.3) is 0 Å². The van der Waals surface area contributed by atoms with Gasteiger partial charge in [0.25, 0.3) is 5.91 Å². The molecular weight excluding hydrogens is 375 g/mol. The second-order valence-electron chi connectivity index (χ2n) is 7.85. The summed E-state index contributed by atoms with van der Waals surface area (Å²) in [5.74, 6) is -0.998.